The maximum atomic E-state index is 12.3. The van der Waals surface area contributed by atoms with E-state index in [0.717, 1.165) is 16.8 Å². The van der Waals surface area contributed by atoms with Crippen LogP contribution < -0.4 is 10.6 Å². The summed E-state index contributed by atoms with van der Waals surface area (Å²) in [5.74, 6) is -0.950. The molecule has 1 aromatic rings. The number of carbonyl (C=O) groups excluding carboxylic acids is 3. The summed E-state index contributed by atoms with van der Waals surface area (Å²) in [5.41, 5.74) is 2.85. The lowest BCUT2D eigenvalue weighted by Crippen LogP contribution is -2.57. The summed E-state index contributed by atoms with van der Waals surface area (Å²) in [4.78, 5) is 37.5. The Kier molecular flexibility index (Phi) is 5.92. The van der Waals surface area contributed by atoms with E-state index in [4.69, 9.17) is 0 Å². The number of nitrogens with one attached hydrogen (secondary N) is 2. The first-order valence-corrected chi connectivity index (χ1v) is 7.86. The second-order valence-corrected chi connectivity index (χ2v) is 5.92. The van der Waals surface area contributed by atoms with Gasteiger partial charge in [-0.1, -0.05) is 17.7 Å². The highest BCUT2D eigenvalue weighted by molar-refractivity contribution is 5.94. The van der Waals surface area contributed by atoms with Crippen LogP contribution in [-0.4, -0.2) is 55.5 Å². The fraction of sp³-hybridized carbons (Fsp3) is 0.471. The zero-order valence-electron chi connectivity index (χ0n) is 14.2. The largest absolute Gasteiger partial charge is 0.469 e. The number of rotatable bonds is 5. The summed E-state index contributed by atoms with van der Waals surface area (Å²) in [5, 5.41) is 5.57. The van der Waals surface area contributed by atoms with Crippen molar-refractivity contribution in [2.75, 3.05) is 32.1 Å². The molecule has 0 aliphatic carbocycles. The summed E-state index contributed by atoms with van der Waals surface area (Å²) < 4.78 is 4.63. The smallest absolute Gasteiger partial charge is 0.307 e. The van der Waals surface area contributed by atoms with Gasteiger partial charge in [0, 0.05) is 18.8 Å². The summed E-state index contributed by atoms with van der Waals surface area (Å²) in [6.45, 7) is 4.92. The van der Waals surface area contributed by atoms with Gasteiger partial charge < -0.3 is 15.4 Å². The average Bonchev–Trinajstić information content (AvgIpc) is 2.53. The zero-order chi connectivity index (χ0) is 17.7. The van der Waals surface area contributed by atoms with Gasteiger partial charge >= 0.3 is 5.97 Å². The summed E-state index contributed by atoms with van der Waals surface area (Å²) in [7, 11) is 1.28. The molecule has 1 fully saturated rings. The Labute approximate surface area is 141 Å². The Morgan fingerprint density at radius 1 is 1.38 bits per heavy atom. The van der Waals surface area contributed by atoms with Crippen LogP contribution in [0.1, 0.15) is 17.5 Å². The predicted molar refractivity (Wildman–Crippen MR) is 89.5 cm³/mol. The monoisotopic (exact) mass is 333 g/mol. The van der Waals surface area contributed by atoms with Crippen molar-refractivity contribution < 1.29 is 19.1 Å². The Hall–Kier alpha value is -2.41. The van der Waals surface area contributed by atoms with E-state index in [1.807, 2.05) is 32.0 Å². The highest BCUT2D eigenvalue weighted by atomic mass is 16.5. The van der Waals surface area contributed by atoms with Gasteiger partial charge in [-0.3, -0.25) is 19.3 Å². The summed E-state index contributed by atoms with van der Waals surface area (Å²) in [6.07, 6.45) is -0.0703. The number of methoxy groups -OCH3 is 1. The van der Waals surface area contributed by atoms with Gasteiger partial charge in [-0.05, 0) is 25.5 Å². The maximum Gasteiger partial charge on any atom is 0.307 e. The fourth-order valence-electron chi connectivity index (χ4n) is 2.74. The van der Waals surface area contributed by atoms with E-state index in [2.05, 4.69) is 15.4 Å². The molecule has 0 saturated carbocycles. The van der Waals surface area contributed by atoms with Crippen molar-refractivity contribution in [3.05, 3.63) is 29.3 Å². The van der Waals surface area contributed by atoms with Crippen LogP contribution in [0.4, 0.5) is 5.69 Å². The van der Waals surface area contributed by atoms with Crippen molar-refractivity contribution >= 4 is 23.5 Å². The number of amides is 2. The quantitative estimate of drug-likeness (QED) is 0.771. The molecule has 1 heterocycles. The van der Waals surface area contributed by atoms with Crippen LogP contribution in [0, 0.1) is 13.8 Å². The van der Waals surface area contributed by atoms with Gasteiger partial charge in [0.05, 0.1) is 20.1 Å². The first-order chi connectivity index (χ1) is 11.4. The molecule has 24 heavy (non-hydrogen) atoms. The summed E-state index contributed by atoms with van der Waals surface area (Å²) in [6, 6.07) is 5.09. The predicted octanol–water partition coefficient (Wildman–Crippen LogP) is 0.605. The molecule has 2 rings (SSSR count). The molecule has 0 spiro atoms. The zero-order valence-corrected chi connectivity index (χ0v) is 14.2. The minimum absolute atomic E-state index is 0.0440. The molecule has 1 saturated heterocycles. The van der Waals surface area contributed by atoms with E-state index in [9.17, 15) is 14.4 Å². The molecule has 2 N–H and O–H groups in total. The minimum atomic E-state index is -0.684. The van der Waals surface area contributed by atoms with E-state index < -0.39 is 12.0 Å². The van der Waals surface area contributed by atoms with Crippen molar-refractivity contribution in [2.45, 2.75) is 26.3 Å². The SMILES string of the molecule is COC(=O)C[C@H]1C(=O)NCCN1CC(=O)Nc1ccc(C)cc1C. The van der Waals surface area contributed by atoms with Gasteiger partial charge in [0.15, 0.2) is 0 Å². The van der Waals surface area contributed by atoms with Crippen molar-refractivity contribution in [2.24, 2.45) is 0 Å². The van der Waals surface area contributed by atoms with E-state index in [1.165, 1.54) is 7.11 Å². The number of carbonyl (C=O) groups is 3. The van der Waals surface area contributed by atoms with Crippen LogP contribution in [0.5, 0.6) is 0 Å². The fourth-order valence-corrected chi connectivity index (χ4v) is 2.74. The molecular formula is C17H23N3O4. The van der Waals surface area contributed by atoms with E-state index in [1.54, 1.807) is 4.90 Å². The average molecular weight is 333 g/mol. The third kappa shape index (κ3) is 4.55. The van der Waals surface area contributed by atoms with Gasteiger partial charge in [-0.15, -0.1) is 0 Å². The Bertz CT molecular complexity index is 645. The van der Waals surface area contributed by atoms with Gasteiger partial charge in [0.25, 0.3) is 0 Å². The Morgan fingerprint density at radius 3 is 2.79 bits per heavy atom. The van der Waals surface area contributed by atoms with E-state index in [-0.39, 0.29) is 24.8 Å². The Morgan fingerprint density at radius 2 is 2.12 bits per heavy atom. The maximum absolute atomic E-state index is 12.3. The number of ether oxygens (including phenoxy) is 1. The molecular weight excluding hydrogens is 310 g/mol. The summed E-state index contributed by atoms with van der Waals surface area (Å²) >= 11 is 0. The molecule has 0 bridgehead atoms. The van der Waals surface area contributed by atoms with Crippen LogP contribution in [0.15, 0.2) is 18.2 Å². The number of nitrogens with zero attached hydrogens (tertiary/aromatic N) is 1. The van der Waals surface area contributed by atoms with Crippen molar-refractivity contribution in [1.29, 1.82) is 0 Å². The third-order valence-corrected chi connectivity index (χ3v) is 4.03. The number of hydrogen-bond donors (Lipinski definition) is 2. The molecule has 1 aliphatic rings. The van der Waals surface area contributed by atoms with Gasteiger partial charge in [-0.2, -0.15) is 0 Å². The second kappa shape index (κ2) is 7.92. The molecule has 2 amide bonds. The molecule has 7 heteroatoms. The first-order valence-electron chi connectivity index (χ1n) is 7.86. The molecule has 130 valence electrons. The number of benzene rings is 1. The van der Waals surface area contributed by atoms with E-state index >= 15 is 0 Å². The molecule has 1 aromatic carbocycles. The van der Waals surface area contributed by atoms with Crippen LogP contribution >= 0.6 is 0 Å². The van der Waals surface area contributed by atoms with Crippen LogP contribution in [-0.2, 0) is 19.1 Å². The highest BCUT2D eigenvalue weighted by Gasteiger charge is 2.33. The van der Waals surface area contributed by atoms with Gasteiger partial charge in [-0.25, -0.2) is 0 Å². The number of piperazine rings is 1. The topological polar surface area (TPSA) is 87.7 Å². The second-order valence-electron chi connectivity index (χ2n) is 5.92. The van der Waals surface area contributed by atoms with Crippen LogP contribution in [0.2, 0.25) is 0 Å². The van der Waals surface area contributed by atoms with Crippen molar-refractivity contribution in [1.82, 2.24) is 10.2 Å². The van der Waals surface area contributed by atoms with E-state index in [0.29, 0.717) is 13.1 Å². The van der Waals surface area contributed by atoms with Crippen LogP contribution in [0.3, 0.4) is 0 Å². The minimum Gasteiger partial charge on any atom is -0.469 e. The number of aryl methyl sites for hydroxylation is 2. The molecule has 0 unspecified atom stereocenters. The highest BCUT2D eigenvalue weighted by Crippen LogP contribution is 2.16. The number of esters is 1. The molecule has 1 atom stereocenters. The molecule has 0 aromatic heterocycles. The third-order valence-electron chi connectivity index (χ3n) is 4.03. The van der Waals surface area contributed by atoms with Crippen LogP contribution in [0.25, 0.3) is 0 Å². The van der Waals surface area contributed by atoms with Crippen molar-refractivity contribution in [3.63, 3.8) is 0 Å². The molecule has 0 radical (unpaired) electrons. The lowest BCUT2D eigenvalue weighted by Gasteiger charge is -2.33. The molecule has 1 aliphatic heterocycles. The lowest BCUT2D eigenvalue weighted by molar-refractivity contribution is -0.146. The number of hydrogen-bond acceptors (Lipinski definition) is 5. The van der Waals surface area contributed by atoms with Crippen molar-refractivity contribution in [3.8, 4) is 0 Å². The van der Waals surface area contributed by atoms with Gasteiger partial charge in [0.1, 0.15) is 6.04 Å². The molecule has 7 nitrogen and oxygen atoms in total. The number of anilines is 1. The first kappa shape index (κ1) is 17.9. The normalized spacial score (nSPS) is 18.0. The lowest BCUT2D eigenvalue weighted by atomic mass is 10.1. The standard InChI is InChI=1S/C17H23N3O4/c1-11-4-5-13(12(2)8-11)19-15(21)10-20-7-6-18-17(23)14(20)9-16(22)24-3/h4-5,8,14H,6-7,9-10H2,1-3H3,(H,18,23)(H,19,21)/t14-/m0/s1. The van der Waals surface area contributed by atoms with Gasteiger partial charge in [0.2, 0.25) is 11.8 Å². The Balaban J connectivity index is 2.02.